The largest absolute Gasteiger partial charge is 0.307 e. The topological polar surface area (TPSA) is 17.8 Å². The van der Waals surface area contributed by atoms with E-state index in [0.29, 0.717) is 0 Å². The number of aromatic nitrogens is 2. The van der Waals surface area contributed by atoms with E-state index in [4.69, 9.17) is 4.98 Å². The number of hydrogen-bond donors (Lipinski definition) is 0. The number of rotatable bonds is 2. The van der Waals surface area contributed by atoms with Crippen LogP contribution in [0.25, 0.3) is 61.0 Å². The van der Waals surface area contributed by atoms with Crippen LogP contribution >= 0.6 is 0 Å². The smallest absolute Gasteiger partial charge is 0.0796 e. The van der Waals surface area contributed by atoms with Crippen LogP contribution in [0.3, 0.4) is 0 Å². The molecule has 2 aromatic heterocycles. The summed E-state index contributed by atoms with van der Waals surface area (Å²) in [7, 11) is -1.41. The second-order valence-corrected chi connectivity index (χ2v) is 15.6. The summed E-state index contributed by atoms with van der Waals surface area (Å²) in [6.07, 6.45) is 2.10. The van der Waals surface area contributed by atoms with Gasteiger partial charge in [-0.3, -0.25) is 4.98 Å². The summed E-state index contributed by atoms with van der Waals surface area (Å²) in [4.78, 5) is 4.99. The van der Waals surface area contributed by atoms with Crippen LogP contribution in [-0.4, -0.2) is 17.6 Å². The van der Waals surface area contributed by atoms with E-state index in [9.17, 15) is 0 Å². The number of pyridine rings is 1. The Balaban J connectivity index is 1.64. The minimum atomic E-state index is -1.41. The lowest BCUT2D eigenvalue weighted by atomic mass is 9.93. The van der Waals surface area contributed by atoms with E-state index >= 15 is 0 Å². The third-order valence-electron chi connectivity index (χ3n) is 7.37. The zero-order chi connectivity index (χ0) is 23.7. The van der Waals surface area contributed by atoms with Crippen molar-refractivity contribution in [3.8, 4) is 39.2 Å². The molecule has 7 rings (SSSR count). The molecule has 1 aliphatic heterocycles. The fourth-order valence-electron chi connectivity index (χ4n) is 5.63. The summed E-state index contributed by atoms with van der Waals surface area (Å²) in [5, 5.41) is 3.93. The first-order valence-electron chi connectivity index (χ1n) is 12.2. The van der Waals surface area contributed by atoms with Gasteiger partial charge in [0.25, 0.3) is 0 Å². The highest BCUT2D eigenvalue weighted by molar-refractivity contribution is 6.88. The monoisotopic (exact) mass is 466 g/mol. The number of hydrogen-bond acceptors (Lipinski definition) is 1. The minimum Gasteiger partial charge on any atom is -0.307 e. The summed E-state index contributed by atoms with van der Waals surface area (Å²) in [6.45, 7) is 7.11. The van der Waals surface area contributed by atoms with Crippen LogP contribution in [0.1, 0.15) is 0 Å². The van der Waals surface area contributed by atoms with Crippen LogP contribution < -0.4 is 5.19 Å². The predicted molar refractivity (Wildman–Crippen MR) is 151 cm³/mol. The Labute approximate surface area is 206 Å². The van der Waals surface area contributed by atoms with Crippen LogP contribution in [0.4, 0.5) is 0 Å². The zero-order valence-electron chi connectivity index (χ0n) is 20.2. The van der Waals surface area contributed by atoms with Gasteiger partial charge in [-0.05, 0) is 28.4 Å². The zero-order valence-corrected chi connectivity index (χ0v) is 21.2. The Morgan fingerprint density at radius 1 is 0.543 bits per heavy atom. The summed E-state index contributed by atoms with van der Waals surface area (Å²) in [5.74, 6) is 0. The highest BCUT2D eigenvalue weighted by Crippen LogP contribution is 2.47. The van der Waals surface area contributed by atoms with Gasteiger partial charge < -0.3 is 4.57 Å². The SMILES string of the molecule is C[Si](C)(C)c1ccc(-c2cccc3c4cccc5c4n(c23)-c2ccccc2-c2ccccc2-5)nc1. The number of nitrogens with zero attached hydrogens (tertiary/aromatic N) is 2. The van der Waals surface area contributed by atoms with Crippen molar-refractivity contribution in [2.45, 2.75) is 19.6 Å². The van der Waals surface area contributed by atoms with Crippen molar-refractivity contribution >= 4 is 35.1 Å². The molecule has 4 aromatic carbocycles. The highest BCUT2D eigenvalue weighted by atomic mass is 28.3. The molecular weight excluding hydrogens is 440 g/mol. The first-order chi connectivity index (χ1) is 17.0. The van der Waals surface area contributed by atoms with Gasteiger partial charge in [0.1, 0.15) is 0 Å². The van der Waals surface area contributed by atoms with Gasteiger partial charge in [-0.15, -0.1) is 0 Å². The first-order valence-corrected chi connectivity index (χ1v) is 15.7. The molecular formula is C32H26N2Si. The molecule has 3 heterocycles. The van der Waals surface area contributed by atoms with Gasteiger partial charge in [0.15, 0.2) is 0 Å². The molecule has 3 heteroatoms. The van der Waals surface area contributed by atoms with Crippen LogP contribution in [0, 0.1) is 0 Å². The van der Waals surface area contributed by atoms with Gasteiger partial charge in [0.05, 0.1) is 30.5 Å². The minimum absolute atomic E-state index is 1.03. The van der Waals surface area contributed by atoms with E-state index in [1.54, 1.807) is 0 Å². The molecule has 6 aromatic rings. The molecule has 0 saturated heterocycles. The molecule has 0 amide bonds. The fourth-order valence-corrected chi connectivity index (χ4v) is 6.66. The van der Waals surface area contributed by atoms with E-state index < -0.39 is 8.07 Å². The third-order valence-corrected chi connectivity index (χ3v) is 9.40. The van der Waals surface area contributed by atoms with Crippen LogP contribution in [0.2, 0.25) is 19.6 Å². The molecule has 0 radical (unpaired) electrons. The maximum absolute atomic E-state index is 4.99. The van der Waals surface area contributed by atoms with Crippen molar-refractivity contribution in [3.63, 3.8) is 0 Å². The van der Waals surface area contributed by atoms with Crippen LogP contribution in [0.15, 0.2) is 103 Å². The predicted octanol–water partition coefficient (Wildman–Crippen LogP) is 8.04. The average Bonchev–Trinajstić information content (AvgIpc) is 3.16. The maximum Gasteiger partial charge on any atom is 0.0796 e. The quantitative estimate of drug-likeness (QED) is 0.236. The van der Waals surface area contributed by atoms with Gasteiger partial charge in [0, 0.05) is 33.7 Å². The van der Waals surface area contributed by atoms with Gasteiger partial charge in [0.2, 0.25) is 0 Å². The van der Waals surface area contributed by atoms with E-state index in [-0.39, 0.29) is 0 Å². The molecule has 2 nitrogen and oxygen atoms in total. The van der Waals surface area contributed by atoms with Crippen molar-refractivity contribution < 1.29 is 0 Å². The average molecular weight is 467 g/mol. The van der Waals surface area contributed by atoms with E-state index in [1.807, 2.05) is 0 Å². The summed E-state index contributed by atoms with van der Waals surface area (Å²) in [6, 6.07) is 35.5. The normalized spacial score (nSPS) is 12.4. The standard InChI is InChI=1S/C32H26N2Si/c1-35(2,3)21-18-19-29(33-20-21)28-16-9-15-27-26-14-8-13-25-23-11-5-4-10-22(23)24-12-6-7-17-30(24)34(31(25)26)32(27)28/h4-20H,1-3H3. The van der Waals surface area contributed by atoms with Crippen molar-refractivity contribution in [2.24, 2.45) is 0 Å². The second-order valence-electron chi connectivity index (χ2n) is 10.5. The van der Waals surface area contributed by atoms with Crippen LogP contribution in [-0.2, 0) is 0 Å². The lowest BCUT2D eigenvalue weighted by molar-refractivity contribution is 1.19. The Morgan fingerprint density at radius 3 is 1.77 bits per heavy atom. The van der Waals surface area contributed by atoms with E-state index in [1.165, 1.54) is 60.5 Å². The molecule has 35 heavy (non-hydrogen) atoms. The maximum atomic E-state index is 4.99. The number of benzene rings is 4. The molecule has 0 N–H and O–H groups in total. The Hall–Kier alpha value is -3.95. The third kappa shape index (κ3) is 2.91. The van der Waals surface area contributed by atoms with Gasteiger partial charge >= 0.3 is 0 Å². The summed E-state index contributed by atoms with van der Waals surface area (Å²) in [5.41, 5.74) is 11.0. The van der Waals surface area contributed by atoms with Crippen molar-refractivity contribution in [2.75, 3.05) is 0 Å². The summed E-state index contributed by atoms with van der Waals surface area (Å²) < 4.78 is 2.48. The fraction of sp³-hybridized carbons (Fsp3) is 0.0938. The molecule has 0 fully saturated rings. The number of para-hydroxylation sites is 3. The first kappa shape index (κ1) is 20.4. The van der Waals surface area contributed by atoms with Gasteiger partial charge in [-0.25, -0.2) is 0 Å². The van der Waals surface area contributed by atoms with Crippen molar-refractivity contribution in [3.05, 3.63) is 103 Å². The molecule has 0 unspecified atom stereocenters. The molecule has 168 valence electrons. The summed E-state index contributed by atoms with van der Waals surface area (Å²) >= 11 is 0. The van der Waals surface area contributed by atoms with E-state index in [0.717, 1.165) is 5.69 Å². The molecule has 0 saturated carbocycles. The molecule has 0 bridgehead atoms. The Morgan fingerprint density at radius 2 is 1.11 bits per heavy atom. The lowest BCUT2D eigenvalue weighted by Crippen LogP contribution is -2.37. The van der Waals surface area contributed by atoms with Gasteiger partial charge in [-0.1, -0.05) is 105 Å². The molecule has 0 spiro atoms. The van der Waals surface area contributed by atoms with E-state index in [2.05, 4.69) is 127 Å². The molecule has 1 aliphatic rings. The van der Waals surface area contributed by atoms with Crippen LogP contribution in [0.5, 0.6) is 0 Å². The Kier molecular flexibility index (Phi) is 4.24. The second kappa shape index (κ2) is 7.27. The Bertz CT molecular complexity index is 1770. The highest BCUT2D eigenvalue weighted by Gasteiger charge is 2.25. The van der Waals surface area contributed by atoms with Crippen molar-refractivity contribution in [1.29, 1.82) is 0 Å². The number of fused-ring (bicyclic) bond motifs is 8. The van der Waals surface area contributed by atoms with Gasteiger partial charge in [-0.2, -0.15) is 0 Å². The molecule has 0 aliphatic carbocycles. The van der Waals surface area contributed by atoms with Crippen molar-refractivity contribution in [1.82, 2.24) is 9.55 Å². The molecule has 0 atom stereocenters. The lowest BCUT2D eigenvalue weighted by Gasteiger charge is -2.17.